The Kier molecular flexibility index (Phi) is 4.36. The number of anilines is 1. The standard InChI is InChI=1S/C17H23N3O/c1-12-5-6-16(15-4-3-7-19-17(12)15)20-13(2)10-14-11-21-9-8-18-14/h3-7,13-14,18,20H,8-11H2,1-2H3. The van der Waals surface area contributed by atoms with Crippen LogP contribution in [0.3, 0.4) is 0 Å². The molecule has 4 heteroatoms. The summed E-state index contributed by atoms with van der Waals surface area (Å²) < 4.78 is 5.52. The Morgan fingerprint density at radius 1 is 1.43 bits per heavy atom. The van der Waals surface area contributed by atoms with Gasteiger partial charge in [-0.3, -0.25) is 4.98 Å². The molecule has 0 radical (unpaired) electrons. The second-order valence-electron chi connectivity index (χ2n) is 5.84. The fourth-order valence-corrected chi connectivity index (χ4v) is 2.96. The van der Waals surface area contributed by atoms with E-state index in [9.17, 15) is 0 Å². The second-order valence-corrected chi connectivity index (χ2v) is 5.84. The molecule has 3 rings (SSSR count). The Morgan fingerprint density at radius 2 is 2.33 bits per heavy atom. The van der Waals surface area contributed by atoms with Gasteiger partial charge in [0.15, 0.2) is 0 Å². The summed E-state index contributed by atoms with van der Waals surface area (Å²) in [6.45, 7) is 6.91. The van der Waals surface area contributed by atoms with Gasteiger partial charge in [0, 0.05) is 35.9 Å². The van der Waals surface area contributed by atoms with Gasteiger partial charge in [-0.15, -0.1) is 0 Å². The normalized spacial score (nSPS) is 20.4. The van der Waals surface area contributed by atoms with Gasteiger partial charge in [-0.05, 0) is 44.0 Å². The topological polar surface area (TPSA) is 46.2 Å². The predicted molar refractivity (Wildman–Crippen MR) is 86.8 cm³/mol. The molecule has 112 valence electrons. The first-order chi connectivity index (χ1) is 10.2. The molecule has 2 aromatic rings. The van der Waals surface area contributed by atoms with Crippen LogP contribution in [-0.2, 0) is 4.74 Å². The minimum absolute atomic E-state index is 0.385. The first-order valence-corrected chi connectivity index (χ1v) is 7.66. The molecular weight excluding hydrogens is 262 g/mol. The van der Waals surface area contributed by atoms with Gasteiger partial charge in [0.2, 0.25) is 0 Å². The first kappa shape index (κ1) is 14.3. The average Bonchev–Trinajstić information content (AvgIpc) is 2.51. The second kappa shape index (κ2) is 6.41. The number of rotatable bonds is 4. The third-order valence-electron chi connectivity index (χ3n) is 4.01. The number of nitrogens with zero attached hydrogens (tertiary/aromatic N) is 1. The van der Waals surface area contributed by atoms with Crippen LogP contribution in [0, 0.1) is 6.92 Å². The maximum absolute atomic E-state index is 5.52. The van der Waals surface area contributed by atoms with E-state index < -0.39 is 0 Å². The van der Waals surface area contributed by atoms with Crippen molar-refractivity contribution in [2.24, 2.45) is 0 Å². The lowest BCUT2D eigenvalue weighted by Crippen LogP contribution is -2.43. The fourth-order valence-electron chi connectivity index (χ4n) is 2.96. The highest BCUT2D eigenvalue weighted by Gasteiger charge is 2.16. The lowest BCUT2D eigenvalue weighted by molar-refractivity contribution is 0.0731. The van der Waals surface area contributed by atoms with E-state index in [2.05, 4.69) is 47.7 Å². The molecule has 0 spiro atoms. The zero-order valence-electron chi connectivity index (χ0n) is 12.7. The molecule has 0 amide bonds. The number of nitrogens with one attached hydrogen (secondary N) is 2. The van der Waals surface area contributed by atoms with Crippen LogP contribution in [0.25, 0.3) is 10.9 Å². The van der Waals surface area contributed by atoms with Gasteiger partial charge in [-0.1, -0.05) is 6.07 Å². The molecule has 0 saturated carbocycles. The van der Waals surface area contributed by atoms with Gasteiger partial charge in [-0.2, -0.15) is 0 Å². The minimum Gasteiger partial charge on any atom is -0.382 e. The zero-order valence-corrected chi connectivity index (χ0v) is 12.7. The number of aromatic nitrogens is 1. The van der Waals surface area contributed by atoms with Crippen molar-refractivity contribution >= 4 is 16.6 Å². The van der Waals surface area contributed by atoms with Crippen molar-refractivity contribution in [3.63, 3.8) is 0 Å². The van der Waals surface area contributed by atoms with Crippen molar-refractivity contribution < 1.29 is 4.74 Å². The largest absolute Gasteiger partial charge is 0.382 e. The van der Waals surface area contributed by atoms with E-state index >= 15 is 0 Å². The van der Waals surface area contributed by atoms with E-state index in [0.717, 1.165) is 37.4 Å². The smallest absolute Gasteiger partial charge is 0.0751 e. The Morgan fingerprint density at radius 3 is 3.14 bits per heavy atom. The molecule has 0 bridgehead atoms. The monoisotopic (exact) mass is 285 g/mol. The highest BCUT2D eigenvalue weighted by atomic mass is 16.5. The Bertz CT molecular complexity index is 608. The number of fused-ring (bicyclic) bond motifs is 1. The van der Waals surface area contributed by atoms with Gasteiger partial charge >= 0.3 is 0 Å². The molecule has 2 atom stereocenters. The quantitative estimate of drug-likeness (QED) is 0.906. The van der Waals surface area contributed by atoms with Crippen molar-refractivity contribution in [1.82, 2.24) is 10.3 Å². The summed E-state index contributed by atoms with van der Waals surface area (Å²) in [4.78, 5) is 4.49. The molecule has 21 heavy (non-hydrogen) atoms. The third-order valence-corrected chi connectivity index (χ3v) is 4.01. The van der Waals surface area contributed by atoms with Crippen molar-refractivity contribution in [1.29, 1.82) is 0 Å². The van der Waals surface area contributed by atoms with Crippen LogP contribution in [0.2, 0.25) is 0 Å². The molecule has 1 aromatic carbocycles. The van der Waals surface area contributed by atoms with Crippen LogP contribution in [0.4, 0.5) is 5.69 Å². The molecule has 2 N–H and O–H groups in total. The maximum atomic E-state index is 5.52. The number of hydrogen-bond donors (Lipinski definition) is 2. The van der Waals surface area contributed by atoms with Crippen LogP contribution in [0.5, 0.6) is 0 Å². The molecule has 2 heterocycles. The number of pyridine rings is 1. The van der Waals surface area contributed by atoms with E-state index in [0.29, 0.717) is 12.1 Å². The molecule has 1 aliphatic rings. The zero-order chi connectivity index (χ0) is 14.7. The van der Waals surface area contributed by atoms with Crippen molar-refractivity contribution in [2.45, 2.75) is 32.4 Å². The first-order valence-electron chi connectivity index (χ1n) is 7.66. The molecule has 1 aliphatic heterocycles. The van der Waals surface area contributed by atoms with Crippen LogP contribution < -0.4 is 10.6 Å². The number of morpholine rings is 1. The number of ether oxygens (including phenoxy) is 1. The highest BCUT2D eigenvalue weighted by Crippen LogP contribution is 2.25. The van der Waals surface area contributed by atoms with Crippen LogP contribution in [0.15, 0.2) is 30.5 Å². The summed E-state index contributed by atoms with van der Waals surface area (Å²) in [5, 5.41) is 8.32. The average molecular weight is 285 g/mol. The Hall–Kier alpha value is -1.65. The molecular formula is C17H23N3O. The highest BCUT2D eigenvalue weighted by molar-refractivity contribution is 5.93. The van der Waals surface area contributed by atoms with E-state index in [-0.39, 0.29) is 0 Å². The van der Waals surface area contributed by atoms with Crippen molar-refractivity contribution in [2.75, 3.05) is 25.1 Å². The lowest BCUT2D eigenvalue weighted by Gasteiger charge is -2.27. The molecule has 1 fully saturated rings. The molecule has 2 unspecified atom stereocenters. The van der Waals surface area contributed by atoms with E-state index in [1.165, 1.54) is 10.9 Å². The van der Waals surface area contributed by atoms with Gasteiger partial charge < -0.3 is 15.4 Å². The third kappa shape index (κ3) is 3.34. The summed E-state index contributed by atoms with van der Waals surface area (Å²) in [7, 11) is 0. The molecule has 1 saturated heterocycles. The SMILES string of the molecule is Cc1ccc(NC(C)CC2COCCN2)c2cccnc12. The van der Waals surface area contributed by atoms with E-state index in [4.69, 9.17) is 4.74 Å². The lowest BCUT2D eigenvalue weighted by atomic mass is 10.1. The van der Waals surface area contributed by atoms with Gasteiger partial charge in [-0.25, -0.2) is 0 Å². The van der Waals surface area contributed by atoms with Crippen molar-refractivity contribution in [3.8, 4) is 0 Å². The molecule has 4 nitrogen and oxygen atoms in total. The van der Waals surface area contributed by atoms with Gasteiger partial charge in [0.05, 0.1) is 18.7 Å². The summed E-state index contributed by atoms with van der Waals surface area (Å²) in [6, 6.07) is 9.24. The predicted octanol–water partition coefficient (Wildman–Crippen LogP) is 2.72. The number of aryl methyl sites for hydroxylation is 1. The summed E-state index contributed by atoms with van der Waals surface area (Å²) in [5.41, 5.74) is 3.45. The molecule has 0 aliphatic carbocycles. The van der Waals surface area contributed by atoms with Crippen LogP contribution in [-0.4, -0.2) is 36.8 Å². The van der Waals surface area contributed by atoms with Gasteiger partial charge in [0.25, 0.3) is 0 Å². The minimum atomic E-state index is 0.385. The van der Waals surface area contributed by atoms with E-state index in [1.807, 2.05) is 12.3 Å². The van der Waals surface area contributed by atoms with Crippen molar-refractivity contribution in [3.05, 3.63) is 36.0 Å². The maximum Gasteiger partial charge on any atom is 0.0751 e. The fraction of sp³-hybridized carbons (Fsp3) is 0.471. The Balaban J connectivity index is 1.73. The summed E-state index contributed by atoms with van der Waals surface area (Å²) in [5.74, 6) is 0. The van der Waals surface area contributed by atoms with E-state index in [1.54, 1.807) is 0 Å². The number of hydrogen-bond acceptors (Lipinski definition) is 4. The molecule has 1 aromatic heterocycles. The summed E-state index contributed by atoms with van der Waals surface area (Å²) >= 11 is 0. The van der Waals surface area contributed by atoms with Crippen LogP contribution in [0.1, 0.15) is 18.9 Å². The van der Waals surface area contributed by atoms with Crippen LogP contribution >= 0.6 is 0 Å². The Labute approximate surface area is 125 Å². The summed E-state index contributed by atoms with van der Waals surface area (Å²) in [6.07, 6.45) is 2.90. The van der Waals surface area contributed by atoms with Gasteiger partial charge in [0.1, 0.15) is 0 Å². The number of benzene rings is 1.